The summed E-state index contributed by atoms with van der Waals surface area (Å²) in [5, 5.41) is 0.196. The normalized spacial score (nSPS) is 17.4. The molecule has 1 aliphatic heterocycles. The minimum absolute atomic E-state index is 0.196. The first-order chi connectivity index (χ1) is 9.48. The van der Waals surface area contributed by atoms with Gasteiger partial charge in [-0.2, -0.15) is 13.2 Å². The summed E-state index contributed by atoms with van der Waals surface area (Å²) in [6.07, 6.45) is -3.35. The van der Waals surface area contributed by atoms with E-state index < -0.39 is 11.7 Å². The number of halogens is 4. The molecular formula is C14H17ClF3NO. The van der Waals surface area contributed by atoms with Crippen LogP contribution in [0, 0.1) is 0 Å². The molecule has 0 atom stereocenters. The third kappa shape index (κ3) is 4.11. The second kappa shape index (κ2) is 6.78. The van der Waals surface area contributed by atoms with Gasteiger partial charge in [0.05, 0.1) is 18.8 Å². The molecule has 0 unspecified atom stereocenters. The lowest BCUT2D eigenvalue weighted by atomic mass is 10.0. The Morgan fingerprint density at radius 1 is 1.20 bits per heavy atom. The van der Waals surface area contributed by atoms with Crippen molar-refractivity contribution in [1.82, 2.24) is 4.90 Å². The van der Waals surface area contributed by atoms with Crippen molar-refractivity contribution >= 4 is 11.6 Å². The van der Waals surface area contributed by atoms with E-state index >= 15 is 0 Å². The van der Waals surface area contributed by atoms with Crippen molar-refractivity contribution < 1.29 is 17.9 Å². The van der Waals surface area contributed by atoms with Crippen molar-refractivity contribution in [3.63, 3.8) is 0 Å². The molecule has 1 aromatic rings. The maximum atomic E-state index is 12.9. The van der Waals surface area contributed by atoms with Crippen LogP contribution in [0.5, 0.6) is 0 Å². The zero-order valence-corrected chi connectivity index (χ0v) is 11.8. The van der Waals surface area contributed by atoms with Crippen LogP contribution in [0.25, 0.3) is 0 Å². The summed E-state index contributed by atoms with van der Waals surface area (Å²) in [7, 11) is 0. The Labute approximate surface area is 121 Å². The highest BCUT2D eigenvalue weighted by molar-refractivity contribution is 6.31. The number of benzene rings is 1. The first-order valence-corrected chi connectivity index (χ1v) is 7.01. The van der Waals surface area contributed by atoms with Gasteiger partial charge in [-0.3, -0.25) is 4.90 Å². The minimum atomic E-state index is -4.35. The predicted octanol–water partition coefficient (Wildman–Crippen LogP) is 3.62. The number of hydrogen-bond donors (Lipinski definition) is 0. The fourth-order valence-corrected chi connectivity index (χ4v) is 2.65. The lowest BCUT2D eigenvalue weighted by Gasteiger charge is -2.26. The molecule has 0 amide bonds. The second-order valence-electron chi connectivity index (χ2n) is 4.82. The van der Waals surface area contributed by atoms with Crippen molar-refractivity contribution in [1.29, 1.82) is 0 Å². The molecular weight excluding hydrogens is 291 g/mol. The second-order valence-corrected chi connectivity index (χ2v) is 5.23. The van der Waals surface area contributed by atoms with Crippen molar-refractivity contribution in [2.45, 2.75) is 19.0 Å². The molecule has 0 saturated carbocycles. The van der Waals surface area contributed by atoms with Crippen LogP contribution in [0.2, 0.25) is 5.02 Å². The van der Waals surface area contributed by atoms with Crippen LogP contribution in [0.3, 0.4) is 0 Å². The smallest absolute Gasteiger partial charge is 0.379 e. The lowest BCUT2D eigenvalue weighted by Crippen LogP contribution is -2.37. The molecule has 0 N–H and O–H groups in total. The number of nitrogens with zero attached hydrogens (tertiary/aromatic N) is 1. The Morgan fingerprint density at radius 2 is 1.90 bits per heavy atom. The molecule has 112 valence electrons. The zero-order chi connectivity index (χ0) is 14.6. The quantitative estimate of drug-likeness (QED) is 0.842. The summed E-state index contributed by atoms with van der Waals surface area (Å²) in [6, 6.07) is 3.95. The maximum absolute atomic E-state index is 12.9. The molecule has 0 spiro atoms. The topological polar surface area (TPSA) is 12.5 Å². The molecule has 20 heavy (non-hydrogen) atoms. The minimum Gasteiger partial charge on any atom is -0.379 e. The molecule has 1 heterocycles. The highest BCUT2D eigenvalue weighted by atomic mass is 35.5. The number of ether oxygens (including phenoxy) is 1. The van der Waals surface area contributed by atoms with Crippen LogP contribution < -0.4 is 0 Å². The first kappa shape index (κ1) is 15.6. The SMILES string of the molecule is FC(F)(F)c1cccc(Cl)c1CCCN1CCOCC1. The number of alkyl halides is 3. The standard InChI is InChI=1S/C14H17ClF3NO/c15-13-5-1-4-12(14(16,17)18)11(13)3-2-6-19-7-9-20-10-8-19/h1,4-5H,2-3,6-10H2. The Morgan fingerprint density at radius 3 is 2.55 bits per heavy atom. The van der Waals surface area contributed by atoms with Crippen LogP contribution in [0.4, 0.5) is 13.2 Å². The summed E-state index contributed by atoms with van der Waals surface area (Å²) >= 11 is 5.92. The van der Waals surface area contributed by atoms with E-state index in [0.29, 0.717) is 26.1 Å². The van der Waals surface area contributed by atoms with E-state index in [1.54, 1.807) is 0 Å². The molecule has 1 aromatic carbocycles. The van der Waals surface area contributed by atoms with Gasteiger partial charge in [-0.25, -0.2) is 0 Å². The fourth-order valence-electron chi connectivity index (χ4n) is 2.38. The van der Waals surface area contributed by atoms with E-state index in [4.69, 9.17) is 16.3 Å². The summed E-state index contributed by atoms with van der Waals surface area (Å²) in [5.74, 6) is 0. The van der Waals surface area contributed by atoms with Crippen molar-refractivity contribution in [3.8, 4) is 0 Å². The van der Waals surface area contributed by atoms with Crippen LogP contribution in [0.15, 0.2) is 18.2 Å². The summed E-state index contributed by atoms with van der Waals surface area (Å²) in [4.78, 5) is 2.20. The number of rotatable bonds is 4. The van der Waals surface area contributed by atoms with Crippen LogP contribution in [0.1, 0.15) is 17.5 Å². The van der Waals surface area contributed by atoms with Gasteiger partial charge in [0.1, 0.15) is 0 Å². The average molecular weight is 308 g/mol. The lowest BCUT2D eigenvalue weighted by molar-refractivity contribution is -0.138. The van der Waals surface area contributed by atoms with E-state index in [9.17, 15) is 13.2 Å². The first-order valence-electron chi connectivity index (χ1n) is 6.63. The van der Waals surface area contributed by atoms with Gasteiger partial charge in [0.25, 0.3) is 0 Å². The zero-order valence-electron chi connectivity index (χ0n) is 11.0. The molecule has 0 aliphatic carbocycles. The molecule has 6 heteroatoms. The highest BCUT2D eigenvalue weighted by Crippen LogP contribution is 2.35. The summed E-state index contributed by atoms with van der Waals surface area (Å²) in [5.41, 5.74) is -0.415. The molecule has 2 rings (SSSR count). The van der Waals surface area contributed by atoms with Crippen LogP contribution >= 0.6 is 11.6 Å². The Hall–Kier alpha value is -0.780. The summed E-state index contributed by atoms with van der Waals surface area (Å²) < 4.78 is 44.0. The predicted molar refractivity (Wildman–Crippen MR) is 72.0 cm³/mol. The maximum Gasteiger partial charge on any atom is 0.416 e. The molecule has 1 saturated heterocycles. The van der Waals surface area contributed by atoms with Gasteiger partial charge in [-0.1, -0.05) is 17.7 Å². The summed E-state index contributed by atoms with van der Waals surface area (Å²) in [6.45, 7) is 3.84. The van der Waals surface area contributed by atoms with Crippen LogP contribution in [-0.2, 0) is 17.3 Å². The van der Waals surface area contributed by atoms with Gasteiger partial charge >= 0.3 is 6.18 Å². The Balaban J connectivity index is 1.98. The third-order valence-electron chi connectivity index (χ3n) is 3.43. The van der Waals surface area contributed by atoms with Crippen LogP contribution in [-0.4, -0.2) is 37.7 Å². The van der Waals surface area contributed by atoms with Crippen molar-refractivity contribution in [2.24, 2.45) is 0 Å². The molecule has 2 nitrogen and oxygen atoms in total. The monoisotopic (exact) mass is 307 g/mol. The number of hydrogen-bond acceptors (Lipinski definition) is 2. The van der Waals surface area contributed by atoms with Gasteiger partial charge in [-0.15, -0.1) is 0 Å². The van der Waals surface area contributed by atoms with Gasteiger partial charge in [0.15, 0.2) is 0 Å². The van der Waals surface area contributed by atoms with E-state index in [-0.39, 0.29) is 10.6 Å². The van der Waals surface area contributed by atoms with E-state index in [0.717, 1.165) is 25.7 Å². The van der Waals surface area contributed by atoms with Crippen molar-refractivity contribution in [3.05, 3.63) is 34.3 Å². The largest absolute Gasteiger partial charge is 0.416 e. The van der Waals surface area contributed by atoms with E-state index in [1.165, 1.54) is 12.1 Å². The molecule has 0 radical (unpaired) electrons. The number of morpholine rings is 1. The van der Waals surface area contributed by atoms with Gasteiger partial charge in [0, 0.05) is 18.1 Å². The van der Waals surface area contributed by atoms with Gasteiger partial charge in [0.2, 0.25) is 0 Å². The average Bonchev–Trinajstić information content (AvgIpc) is 2.40. The van der Waals surface area contributed by atoms with Crippen molar-refractivity contribution in [2.75, 3.05) is 32.8 Å². The Bertz CT molecular complexity index is 445. The highest BCUT2D eigenvalue weighted by Gasteiger charge is 2.33. The van der Waals surface area contributed by atoms with E-state index in [1.807, 2.05) is 0 Å². The van der Waals surface area contributed by atoms with E-state index in [2.05, 4.69) is 4.90 Å². The molecule has 0 bridgehead atoms. The Kier molecular flexibility index (Phi) is 5.29. The van der Waals surface area contributed by atoms with Gasteiger partial charge in [-0.05, 0) is 37.1 Å². The molecule has 0 aromatic heterocycles. The fraction of sp³-hybridized carbons (Fsp3) is 0.571. The molecule has 1 fully saturated rings. The molecule has 1 aliphatic rings. The van der Waals surface area contributed by atoms with Gasteiger partial charge < -0.3 is 4.74 Å². The third-order valence-corrected chi connectivity index (χ3v) is 3.78.